The third kappa shape index (κ3) is 4.21. The number of thioether (sulfide) groups is 1. The van der Waals surface area contributed by atoms with E-state index in [9.17, 15) is 0 Å². The van der Waals surface area contributed by atoms with Crippen LogP contribution in [0.5, 0.6) is 0 Å². The summed E-state index contributed by atoms with van der Waals surface area (Å²) in [5.41, 5.74) is 2.39. The second kappa shape index (κ2) is 6.48. The van der Waals surface area contributed by atoms with Crippen molar-refractivity contribution in [2.75, 3.05) is 12.4 Å². The van der Waals surface area contributed by atoms with Crippen LogP contribution in [0.4, 0.5) is 5.82 Å². The third-order valence-electron chi connectivity index (χ3n) is 3.25. The first-order valence-corrected chi connectivity index (χ1v) is 8.13. The minimum absolute atomic E-state index is 0.0244. The van der Waals surface area contributed by atoms with Crippen molar-refractivity contribution >= 4 is 17.6 Å². The first-order valence-electron chi connectivity index (χ1n) is 7.15. The number of anilines is 1. The lowest BCUT2D eigenvalue weighted by molar-refractivity contribution is 0.564. The van der Waals surface area contributed by atoms with Crippen LogP contribution in [0, 0.1) is 6.92 Å². The van der Waals surface area contributed by atoms with Crippen LogP contribution in [0.1, 0.15) is 37.9 Å². The molecule has 0 radical (unpaired) electrons. The van der Waals surface area contributed by atoms with Crippen LogP contribution in [0.2, 0.25) is 0 Å². The maximum absolute atomic E-state index is 4.73. The molecule has 0 fully saturated rings. The zero-order chi connectivity index (χ0) is 15.5. The summed E-state index contributed by atoms with van der Waals surface area (Å²) in [5.74, 6) is 2.54. The SMILES string of the molecule is CNc1cc(C(C)(C)C)nc(CSc2ccccc2C)n1. The van der Waals surface area contributed by atoms with Crippen molar-refractivity contribution in [2.24, 2.45) is 0 Å². The monoisotopic (exact) mass is 301 g/mol. The number of aromatic nitrogens is 2. The van der Waals surface area contributed by atoms with Crippen molar-refractivity contribution in [3.63, 3.8) is 0 Å². The van der Waals surface area contributed by atoms with Gasteiger partial charge in [-0.05, 0) is 18.6 Å². The van der Waals surface area contributed by atoms with Gasteiger partial charge in [-0.2, -0.15) is 0 Å². The number of aryl methyl sites for hydroxylation is 1. The largest absolute Gasteiger partial charge is 0.373 e. The quantitative estimate of drug-likeness (QED) is 0.849. The van der Waals surface area contributed by atoms with E-state index in [1.54, 1.807) is 11.8 Å². The molecule has 112 valence electrons. The minimum atomic E-state index is 0.0244. The Hall–Kier alpha value is -1.55. The molecule has 2 aromatic rings. The standard InChI is InChI=1S/C17H23N3S/c1-12-8-6-7-9-13(12)21-11-16-19-14(17(2,3)4)10-15(18-5)20-16/h6-10H,11H2,1-5H3,(H,18,19,20). The topological polar surface area (TPSA) is 37.8 Å². The Labute approximate surface area is 131 Å². The molecular weight excluding hydrogens is 278 g/mol. The van der Waals surface area contributed by atoms with Crippen LogP contribution < -0.4 is 5.32 Å². The summed E-state index contributed by atoms with van der Waals surface area (Å²) in [4.78, 5) is 10.6. The molecule has 0 bridgehead atoms. The first-order chi connectivity index (χ1) is 9.90. The zero-order valence-corrected chi connectivity index (χ0v) is 14.2. The molecule has 0 spiro atoms. The van der Waals surface area contributed by atoms with Gasteiger partial charge in [0.1, 0.15) is 11.6 Å². The summed E-state index contributed by atoms with van der Waals surface area (Å²) in [6, 6.07) is 10.4. The van der Waals surface area contributed by atoms with Gasteiger partial charge in [-0.15, -0.1) is 11.8 Å². The second-order valence-electron chi connectivity index (χ2n) is 6.11. The van der Waals surface area contributed by atoms with Gasteiger partial charge in [-0.1, -0.05) is 39.0 Å². The van der Waals surface area contributed by atoms with Crippen LogP contribution in [0.3, 0.4) is 0 Å². The van der Waals surface area contributed by atoms with Gasteiger partial charge < -0.3 is 5.32 Å². The predicted octanol–water partition coefficient (Wildman–Crippen LogP) is 4.42. The second-order valence-corrected chi connectivity index (χ2v) is 7.13. The molecule has 1 aromatic carbocycles. The molecule has 1 N–H and O–H groups in total. The van der Waals surface area contributed by atoms with Gasteiger partial charge in [0.05, 0.1) is 11.4 Å². The van der Waals surface area contributed by atoms with Crippen molar-refractivity contribution in [3.8, 4) is 0 Å². The number of hydrogen-bond acceptors (Lipinski definition) is 4. The highest BCUT2D eigenvalue weighted by Gasteiger charge is 2.17. The van der Waals surface area contributed by atoms with Crippen molar-refractivity contribution < 1.29 is 0 Å². The molecule has 0 saturated carbocycles. The molecule has 3 nitrogen and oxygen atoms in total. The maximum atomic E-state index is 4.73. The Morgan fingerprint density at radius 2 is 1.86 bits per heavy atom. The molecule has 0 aliphatic heterocycles. The van der Waals surface area contributed by atoms with Gasteiger partial charge in [0, 0.05) is 23.4 Å². The molecule has 1 heterocycles. The lowest BCUT2D eigenvalue weighted by atomic mass is 9.92. The van der Waals surface area contributed by atoms with Crippen LogP contribution in [-0.2, 0) is 11.2 Å². The summed E-state index contributed by atoms with van der Waals surface area (Å²) >= 11 is 1.79. The molecule has 0 unspecified atom stereocenters. The van der Waals surface area contributed by atoms with Crippen molar-refractivity contribution in [1.82, 2.24) is 9.97 Å². The van der Waals surface area contributed by atoms with Gasteiger partial charge in [0.2, 0.25) is 0 Å². The Morgan fingerprint density at radius 3 is 2.48 bits per heavy atom. The fourth-order valence-electron chi connectivity index (χ4n) is 1.93. The summed E-state index contributed by atoms with van der Waals surface area (Å²) in [5, 5.41) is 3.13. The highest BCUT2D eigenvalue weighted by atomic mass is 32.2. The number of benzene rings is 1. The van der Waals surface area contributed by atoms with E-state index in [1.807, 2.05) is 13.1 Å². The summed E-state index contributed by atoms with van der Waals surface area (Å²) in [7, 11) is 1.90. The van der Waals surface area contributed by atoms with Crippen molar-refractivity contribution in [1.29, 1.82) is 0 Å². The third-order valence-corrected chi connectivity index (χ3v) is 4.42. The Balaban J connectivity index is 2.22. The Morgan fingerprint density at radius 1 is 1.14 bits per heavy atom. The van der Waals surface area contributed by atoms with E-state index in [0.29, 0.717) is 0 Å². The van der Waals surface area contributed by atoms with Crippen LogP contribution in [0.25, 0.3) is 0 Å². The Bertz CT molecular complexity index is 618. The van der Waals surface area contributed by atoms with E-state index < -0.39 is 0 Å². The average molecular weight is 301 g/mol. The zero-order valence-electron chi connectivity index (χ0n) is 13.4. The van der Waals surface area contributed by atoms with E-state index >= 15 is 0 Å². The summed E-state index contributed by atoms with van der Waals surface area (Å²) in [6.45, 7) is 8.65. The number of nitrogens with one attached hydrogen (secondary N) is 1. The van der Waals surface area contributed by atoms with Crippen molar-refractivity contribution in [2.45, 2.75) is 43.8 Å². The number of rotatable bonds is 4. The lowest BCUT2D eigenvalue weighted by Gasteiger charge is -2.19. The molecular formula is C17H23N3S. The molecule has 0 aliphatic rings. The molecule has 2 rings (SSSR count). The van der Waals surface area contributed by atoms with Crippen LogP contribution in [0.15, 0.2) is 35.2 Å². The fourth-order valence-corrected chi connectivity index (χ4v) is 2.82. The van der Waals surface area contributed by atoms with Gasteiger partial charge in [-0.25, -0.2) is 9.97 Å². The van der Waals surface area contributed by atoms with E-state index in [2.05, 4.69) is 62.3 Å². The average Bonchev–Trinajstić information content (AvgIpc) is 2.45. The lowest BCUT2D eigenvalue weighted by Crippen LogP contribution is -2.16. The summed E-state index contributed by atoms with van der Waals surface area (Å²) in [6.07, 6.45) is 0. The highest BCUT2D eigenvalue weighted by Crippen LogP contribution is 2.27. The molecule has 0 amide bonds. The van der Waals surface area contributed by atoms with Crippen LogP contribution >= 0.6 is 11.8 Å². The van der Waals surface area contributed by atoms with E-state index in [1.165, 1.54) is 10.5 Å². The highest BCUT2D eigenvalue weighted by molar-refractivity contribution is 7.98. The molecule has 21 heavy (non-hydrogen) atoms. The smallest absolute Gasteiger partial charge is 0.141 e. The van der Waals surface area contributed by atoms with E-state index in [-0.39, 0.29) is 5.41 Å². The van der Waals surface area contributed by atoms with E-state index in [0.717, 1.165) is 23.1 Å². The maximum Gasteiger partial charge on any atom is 0.141 e. The van der Waals surface area contributed by atoms with Crippen molar-refractivity contribution in [3.05, 3.63) is 47.4 Å². The molecule has 0 atom stereocenters. The molecule has 1 aromatic heterocycles. The van der Waals surface area contributed by atoms with E-state index in [4.69, 9.17) is 4.98 Å². The van der Waals surface area contributed by atoms with Gasteiger partial charge in [0.25, 0.3) is 0 Å². The number of nitrogens with zero attached hydrogens (tertiary/aromatic N) is 2. The van der Waals surface area contributed by atoms with Gasteiger partial charge in [0.15, 0.2) is 0 Å². The van der Waals surface area contributed by atoms with Gasteiger partial charge >= 0.3 is 0 Å². The minimum Gasteiger partial charge on any atom is -0.373 e. The normalized spacial score (nSPS) is 11.5. The molecule has 0 saturated heterocycles. The first kappa shape index (κ1) is 15.8. The van der Waals surface area contributed by atoms with Gasteiger partial charge in [-0.3, -0.25) is 0 Å². The molecule has 4 heteroatoms. The van der Waals surface area contributed by atoms with Crippen LogP contribution in [-0.4, -0.2) is 17.0 Å². The predicted molar refractivity (Wildman–Crippen MR) is 91.0 cm³/mol. The molecule has 0 aliphatic carbocycles. The Kier molecular flexibility index (Phi) is 4.88. The number of hydrogen-bond donors (Lipinski definition) is 1. The summed E-state index contributed by atoms with van der Waals surface area (Å²) < 4.78 is 0. The fraction of sp³-hybridized carbons (Fsp3) is 0.412.